The lowest BCUT2D eigenvalue weighted by Gasteiger charge is -2.06. The molecule has 0 aliphatic heterocycles. The van der Waals surface area contributed by atoms with Gasteiger partial charge in [0.2, 0.25) is 0 Å². The highest BCUT2D eigenvalue weighted by atomic mass is 14.9. The minimum Gasteiger partial charge on any atom is -0.317 e. The molecule has 1 unspecified atom stereocenters. The molecule has 0 radical (unpaired) electrons. The smallest absolute Gasteiger partial charge is 0.00359 e. The normalized spacial score (nSPS) is 11.8. The molecule has 0 aliphatic rings. The zero-order chi connectivity index (χ0) is 11.2. The summed E-state index contributed by atoms with van der Waals surface area (Å²) < 4.78 is 0. The molecular weight excluding hydrogens is 172 g/mol. The topological polar surface area (TPSA) is 24.1 Å². The highest BCUT2D eigenvalue weighted by molar-refractivity contribution is 4.53. The average molecular weight is 206 g/mol. The van der Waals surface area contributed by atoms with E-state index in [1.54, 1.807) is 0 Å². The van der Waals surface area contributed by atoms with Crippen LogP contribution in [0.3, 0.4) is 0 Å². The third-order valence-electron chi connectivity index (χ3n) is 2.12. The van der Waals surface area contributed by atoms with E-state index in [9.17, 15) is 0 Å². The molecule has 0 fully saturated rings. The molecule has 0 spiro atoms. The van der Waals surface area contributed by atoms with E-state index < -0.39 is 0 Å². The van der Waals surface area contributed by atoms with Crippen LogP contribution in [0.2, 0.25) is 0 Å². The van der Waals surface area contributed by atoms with Crippen LogP contribution in [0.1, 0.15) is 56.7 Å². The highest BCUT2D eigenvalue weighted by Gasteiger charge is 1.90. The van der Waals surface area contributed by atoms with Crippen molar-refractivity contribution in [2.75, 3.05) is 19.6 Å². The Kier molecular flexibility index (Phi) is 18.0. The van der Waals surface area contributed by atoms with Gasteiger partial charge in [-0.25, -0.2) is 0 Å². The zero-order valence-electron chi connectivity index (χ0n) is 10.8. The lowest BCUT2D eigenvalue weighted by molar-refractivity contribution is 0.553. The molecule has 0 amide bonds. The Labute approximate surface area is 93.8 Å². The molecule has 0 rings (SSSR count). The van der Waals surface area contributed by atoms with E-state index in [1.807, 2.05) is 0 Å². The molecule has 0 aliphatic carbocycles. The predicted octanol–water partition coefficient (Wildman–Crippen LogP) is 3.28. The minimum atomic E-state index is 0. The molecule has 2 N–H and O–H groups in total. The van der Waals surface area contributed by atoms with Gasteiger partial charge in [-0.2, -0.15) is 0 Å². The first-order valence-electron chi connectivity index (χ1n) is 6.16. The first kappa shape index (κ1) is 16.4. The van der Waals surface area contributed by atoms with Crippen LogP contribution in [0.5, 0.6) is 0 Å². The molecule has 92 valence electrons. The Morgan fingerprint density at radius 3 is 2.00 bits per heavy atom. The molecule has 14 heavy (non-hydrogen) atoms. The molecule has 0 bridgehead atoms. The van der Waals surface area contributed by atoms with Gasteiger partial charge in [0.25, 0.3) is 0 Å². The average Bonchev–Trinajstić information content (AvgIpc) is 2.20. The van der Waals surface area contributed by atoms with E-state index in [0.29, 0.717) is 6.04 Å². The largest absolute Gasteiger partial charge is 0.317 e. The lowest BCUT2D eigenvalue weighted by atomic mass is 10.3. The van der Waals surface area contributed by atoms with Crippen molar-refractivity contribution >= 4 is 0 Å². The molecule has 2 heteroatoms. The summed E-state index contributed by atoms with van der Waals surface area (Å²) in [6.07, 6.45) is 3.84. The van der Waals surface area contributed by atoms with Crippen molar-refractivity contribution in [3.63, 3.8) is 0 Å². The molecular formula is C12H34N2. The van der Waals surface area contributed by atoms with Crippen molar-refractivity contribution in [3.8, 4) is 0 Å². The van der Waals surface area contributed by atoms with E-state index in [1.165, 1.54) is 25.8 Å². The van der Waals surface area contributed by atoms with Gasteiger partial charge in [0.15, 0.2) is 0 Å². The molecule has 1 atom stereocenters. The van der Waals surface area contributed by atoms with Gasteiger partial charge >= 0.3 is 0 Å². The standard InChI is InChI=1S/2C6H15N.2H2/c1-4-6(3)7-5-2;1-3-5-6-7-4-2;;/h6-7H,4-5H2,1-3H3;7H,3-6H2,1-2H3;2*1H. The summed E-state index contributed by atoms with van der Waals surface area (Å²) in [5.41, 5.74) is 0. The fraction of sp³-hybridized carbons (Fsp3) is 1.00. The Morgan fingerprint density at radius 2 is 1.71 bits per heavy atom. The van der Waals surface area contributed by atoms with Gasteiger partial charge in [0, 0.05) is 8.90 Å². The third-order valence-corrected chi connectivity index (χ3v) is 2.12. The van der Waals surface area contributed by atoms with Gasteiger partial charge < -0.3 is 10.6 Å². The summed E-state index contributed by atoms with van der Waals surface area (Å²) in [5, 5.41) is 6.54. The molecule has 0 heterocycles. The number of nitrogens with one attached hydrogen (secondary N) is 2. The summed E-state index contributed by atoms with van der Waals surface area (Å²) >= 11 is 0. The maximum Gasteiger partial charge on any atom is 0.00359 e. The van der Waals surface area contributed by atoms with Crippen molar-refractivity contribution < 1.29 is 2.85 Å². The number of hydrogen-bond donors (Lipinski definition) is 2. The Morgan fingerprint density at radius 1 is 1.07 bits per heavy atom. The van der Waals surface area contributed by atoms with Gasteiger partial charge in [-0.3, -0.25) is 0 Å². The molecule has 0 saturated carbocycles. The van der Waals surface area contributed by atoms with Gasteiger partial charge in [-0.1, -0.05) is 34.1 Å². The second-order valence-electron chi connectivity index (χ2n) is 3.57. The van der Waals surface area contributed by atoms with Gasteiger partial charge in [-0.15, -0.1) is 0 Å². The third kappa shape index (κ3) is 17.9. The first-order chi connectivity index (χ1) is 6.72. The number of unbranched alkanes of at least 4 members (excludes halogenated alkanes) is 1. The zero-order valence-corrected chi connectivity index (χ0v) is 10.8. The first-order valence-corrected chi connectivity index (χ1v) is 6.16. The number of hydrogen-bond acceptors (Lipinski definition) is 2. The van der Waals surface area contributed by atoms with Crippen molar-refractivity contribution in [3.05, 3.63) is 0 Å². The van der Waals surface area contributed by atoms with Crippen molar-refractivity contribution in [1.29, 1.82) is 0 Å². The van der Waals surface area contributed by atoms with E-state index in [2.05, 4.69) is 45.3 Å². The van der Waals surface area contributed by atoms with Gasteiger partial charge in [0.05, 0.1) is 0 Å². The Bertz CT molecular complexity index is 89.1. The number of rotatable bonds is 7. The summed E-state index contributed by atoms with van der Waals surface area (Å²) in [4.78, 5) is 0. The van der Waals surface area contributed by atoms with Crippen LogP contribution in [0.15, 0.2) is 0 Å². The van der Waals surface area contributed by atoms with Crippen molar-refractivity contribution in [2.45, 2.75) is 59.9 Å². The van der Waals surface area contributed by atoms with Crippen molar-refractivity contribution in [1.82, 2.24) is 10.6 Å². The SMILES string of the molecule is CCCCNCC.CCNC(C)CC.[HH].[HH]. The maximum atomic E-state index is 3.30. The van der Waals surface area contributed by atoms with E-state index >= 15 is 0 Å². The monoisotopic (exact) mass is 206 g/mol. The minimum absolute atomic E-state index is 0. The van der Waals surface area contributed by atoms with Gasteiger partial charge in [0.1, 0.15) is 0 Å². The fourth-order valence-corrected chi connectivity index (χ4v) is 0.971. The predicted molar refractivity (Wildman–Crippen MR) is 71.1 cm³/mol. The van der Waals surface area contributed by atoms with Crippen molar-refractivity contribution in [2.24, 2.45) is 0 Å². The molecule has 2 nitrogen and oxygen atoms in total. The Hall–Kier alpha value is -0.0800. The highest BCUT2D eigenvalue weighted by Crippen LogP contribution is 1.84. The van der Waals surface area contributed by atoms with E-state index in [-0.39, 0.29) is 2.85 Å². The Balaban J connectivity index is -0.0000000800. The second kappa shape index (κ2) is 15.4. The maximum absolute atomic E-state index is 3.30. The molecule has 0 aromatic carbocycles. The van der Waals surface area contributed by atoms with E-state index in [4.69, 9.17) is 0 Å². The molecule has 0 saturated heterocycles. The van der Waals surface area contributed by atoms with Crippen LogP contribution in [0.25, 0.3) is 0 Å². The van der Waals surface area contributed by atoms with Gasteiger partial charge in [-0.05, 0) is 39.4 Å². The van der Waals surface area contributed by atoms with Crippen LogP contribution < -0.4 is 10.6 Å². The summed E-state index contributed by atoms with van der Waals surface area (Å²) in [5.74, 6) is 0. The van der Waals surface area contributed by atoms with Crippen LogP contribution in [-0.4, -0.2) is 25.7 Å². The van der Waals surface area contributed by atoms with E-state index in [0.717, 1.165) is 13.1 Å². The summed E-state index contributed by atoms with van der Waals surface area (Å²) in [6.45, 7) is 14.2. The fourth-order valence-electron chi connectivity index (χ4n) is 0.971. The summed E-state index contributed by atoms with van der Waals surface area (Å²) in [6, 6.07) is 0.699. The van der Waals surface area contributed by atoms with Crippen LogP contribution in [0.4, 0.5) is 0 Å². The van der Waals surface area contributed by atoms with Crippen LogP contribution >= 0.6 is 0 Å². The molecule has 0 aromatic heterocycles. The van der Waals surface area contributed by atoms with Crippen LogP contribution in [0, 0.1) is 0 Å². The quantitative estimate of drug-likeness (QED) is 0.625. The van der Waals surface area contributed by atoms with Crippen LogP contribution in [-0.2, 0) is 0 Å². The second-order valence-corrected chi connectivity index (χ2v) is 3.57. The summed E-state index contributed by atoms with van der Waals surface area (Å²) in [7, 11) is 0. The lowest BCUT2D eigenvalue weighted by Crippen LogP contribution is -2.24. The molecule has 0 aromatic rings.